The van der Waals surface area contributed by atoms with E-state index < -0.39 is 5.91 Å². The number of anilines is 2. The third-order valence-corrected chi connectivity index (χ3v) is 3.95. The lowest BCUT2D eigenvalue weighted by atomic mass is 10.2. The number of hydrogen-bond acceptors (Lipinski definition) is 6. The first kappa shape index (κ1) is 19.1. The van der Waals surface area contributed by atoms with Crippen molar-refractivity contribution >= 4 is 17.4 Å². The summed E-state index contributed by atoms with van der Waals surface area (Å²) >= 11 is 0. The fourth-order valence-corrected chi connectivity index (χ4v) is 2.46. The van der Waals surface area contributed by atoms with Crippen LogP contribution in [0.4, 0.5) is 15.9 Å². The predicted octanol–water partition coefficient (Wildman–Crippen LogP) is 3.31. The minimum absolute atomic E-state index is 0.0657. The van der Waals surface area contributed by atoms with Crippen LogP contribution in [-0.2, 0) is 6.54 Å². The maximum Gasteiger partial charge on any atom is 0.271 e. The molecule has 0 aliphatic rings. The van der Waals surface area contributed by atoms with Crippen LogP contribution in [0.3, 0.4) is 0 Å². The third kappa shape index (κ3) is 4.53. The number of amides is 1. The Labute approximate surface area is 161 Å². The van der Waals surface area contributed by atoms with Crippen LogP contribution in [0.5, 0.6) is 11.5 Å². The van der Waals surface area contributed by atoms with E-state index in [2.05, 4.69) is 20.6 Å². The summed E-state index contributed by atoms with van der Waals surface area (Å²) in [6.07, 6.45) is 2.77. The molecule has 2 N–H and O–H groups in total. The van der Waals surface area contributed by atoms with E-state index in [1.807, 2.05) is 0 Å². The highest BCUT2D eigenvalue weighted by Crippen LogP contribution is 2.30. The molecule has 0 spiro atoms. The molecule has 3 aromatic rings. The molecule has 1 amide bonds. The molecule has 0 saturated carbocycles. The Balaban J connectivity index is 1.65. The van der Waals surface area contributed by atoms with Crippen molar-refractivity contribution in [3.63, 3.8) is 0 Å². The highest BCUT2D eigenvalue weighted by Gasteiger charge is 2.11. The van der Waals surface area contributed by atoms with Crippen LogP contribution in [0.25, 0.3) is 0 Å². The molecule has 3 rings (SSSR count). The third-order valence-electron chi connectivity index (χ3n) is 3.95. The number of nitrogens with zero attached hydrogens (tertiary/aromatic N) is 2. The van der Waals surface area contributed by atoms with Gasteiger partial charge in [0.2, 0.25) is 0 Å². The number of carbonyl (C=O) groups excluding carboxylic acids is 1. The van der Waals surface area contributed by atoms with Crippen molar-refractivity contribution in [3.05, 3.63) is 71.9 Å². The number of hydrogen-bond donors (Lipinski definition) is 2. The molecule has 28 heavy (non-hydrogen) atoms. The van der Waals surface area contributed by atoms with Crippen LogP contribution < -0.4 is 20.1 Å². The summed E-state index contributed by atoms with van der Waals surface area (Å²) in [5, 5.41) is 5.69. The van der Waals surface area contributed by atoms with Gasteiger partial charge in [0, 0.05) is 18.2 Å². The molecule has 0 saturated heterocycles. The molecular formula is C20H19FN4O3. The van der Waals surface area contributed by atoms with E-state index in [0.29, 0.717) is 28.6 Å². The second kappa shape index (κ2) is 8.81. The zero-order chi connectivity index (χ0) is 19.9. The summed E-state index contributed by atoms with van der Waals surface area (Å²) in [7, 11) is 3.12. The molecule has 7 nitrogen and oxygen atoms in total. The van der Waals surface area contributed by atoms with Crippen molar-refractivity contribution in [3.8, 4) is 11.5 Å². The van der Waals surface area contributed by atoms with Gasteiger partial charge in [-0.25, -0.2) is 14.4 Å². The Morgan fingerprint density at radius 3 is 2.57 bits per heavy atom. The van der Waals surface area contributed by atoms with E-state index in [1.165, 1.54) is 18.5 Å². The average molecular weight is 382 g/mol. The Morgan fingerprint density at radius 1 is 1.07 bits per heavy atom. The molecule has 1 heterocycles. The number of benzene rings is 2. The summed E-state index contributed by atoms with van der Waals surface area (Å²) in [6.45, 7) is 0.0657. The molecule has 0 aliphatic carbocycles. The van der Waals surface area contributed by atoms with Crippen LogP contribution in [0, 0.1) is 5.82 Å². The largest absolute Gasteiger partial charge is 0.497 e. The fourth-order valence-electron chi connectivity index (χ4n) is 2.46. The average Bonchev–Trinajstić information content (AvgIpc) is 2.73. The number of methoxy groups -OCH3 is 2. The monoisotopic (exact) mass is 382 g/mol. The summed E-state index contributed by atoms with van der Waals surface area (Å²) in [6, 6.07) is 11.6. The van der Waals surface area contributed by atoms with Gasteiger partial charge in [-0.15, -0.1) is 0 Å². The lowest BCUT2D eigenvalue weighted by Gasteiger charge is -2.12. The van der Waals surface area contributed by atoms with Crippen LogP contribution in [0.1, 0.15) is 16.1 Å². The quantitative estimate of drug-likeness (QED) is 0.652. The van der Waals surface area contributed by atoms with Gasteiger partial charge in [0.25, 0.3) is 5.91 Å². The fraction of sp³-hybridized carbons (Fsp3) is 0.150. The first-order valence-corrected chi connectivity index (χ1v) is 8.43. The SMILES string of the molecule is COc1ccc(Nc2cnc(C(=O)NCc3ccccc3F)cn2)c(OC)c1. The number of halogens is 1. The van der Waals surface area contributed by atoms with Gasteiger partial charge in [-0.05, 0) is 18.2 Å². The number of ether oxygens (including phenoxy) is 2. The Morgan fingerprint density at radius 2 is 1.89 bits per heavy atom. The molecule has 0 radical (unpaired) electrons. The molecule has 0 fully saturated rings. The van der Waals surface area contributed by atoms with Crippen molar-refractivity contribution in [1.29, 1.82) is 0 Å². The van der Waals surface area contributed by atoms with E-state index >= 15 is 0 Å². The topological polar surface area (TPSA) is 85.4 Å². The molecule has 0 bridgehead atoms. The zero-order valence-corrected chi connectivity index (χ0v) is 15.4. The standard InChI is InChI=1S/C20H19FN4O3/c1-27-14-7-8-16(18(9-14)28-2)25-19-12-22-17(11-23-19)20(26)24-10-13-5-3-4-6-15(13)21/h3-9,11-12H,10H2,1-2H3,(H,23,25)(H,24,26). The molecule has 0 aliphatic heterocycles. The highest BCUT2D eigenvalue weighted by atomic mass is 19.1. The van der Waals surface area contributed by atoms with E-state index in [0.717, 1.165) is 0 Å². The van der Waals surface area contributed by atoms with Crippen molar-refractivity contribution in [2.45, 2.75) is 6.54 Å². The van der Waals surface area contributed by atoms with Gasteiger partial charge in [-0.1, -0.05) is 18.2 Å². The van der Waals surface area contributed by atoms with E-state index in [-0.39, 0.29) is 18.1 Å². The van der Waals surface area contributed by atoms with Crippen molar-refractivity contribution < 1.29 is 18.7 Å². The lowest BCUT2D eigenvalue weighted by Crippen LogP contribution is -2.24. The van der Waals surface area contributed by atoms with E-state index in [1.54, 1.807) is 50.6 Å². The molecule has 1 aromatic heterocycles. The van der Waals surface area contributed by atoms with Crippen LogP contribution >= 0.6 is 0 Å². The Kier molecular flexibility index (Phi) is 6.01. The second-order valence-corrected chi connectivity index (χ2v) is 5.75. The van der Waals surface area contributed by atoms with Crippen molar-refractivity contribution in [1.82, 2.24) is 15.3 Å². The van der Waals surface area contributed by atoms with Gasteiger partial charge in [0.1, 0.15) is 28.8 Å². The number of nitrogens with one attached hydrogen (secondary N) is 2. The Bertz CT molecular complexity index is 964. The maximum atomic E-state index is 13.6. The number of aromatic nitrogens is 2. The van der Waals surface area contributed by atoms with Gasteiger partial charge >= 0.3 is 0 Å². The summed E-state index contributed by atoms with van der Waals surface area (Å²) in [5.74, 6) is 0.864. The van der Waals surface area contributed by atoms with Crippen molar-refractivity contribution in [2.75, 3.05) is 19.5 Å². The molecule has 0 atom stereocenters. The second-order valence-electron chi connectivity index (χ2n) is 5.75. The molecule has 8 heteroatoms. The maximum absolute atomic E-state index is 13.6. The van der Waals surface area contributed by atoms with Gasteiger partial charge in [0.05, 0.1) is 32.3 Å². The first-order chi connectivity index (χ1) is 13.6. The summed E-state index contributed by atoms with van der Waals surface area (Å²) in [5.41, 5.74) is 1.20. The molecule has 144 valence electrons. The minimum atomic E-state index is -0.440. The van der Waals surface area contributed by atoms with Gasteiger partial charge in [-0.3, -0.25) is 4.79 Å². The first-order valence-electron chi connectivity index (χ1n) is 8.43. The van der Waals surface area contributed by atoms with Crippen LogP contribution in [0.15, 0.2) is 54.9 Å². The summed E-state index contributed by atoms with van der Waals surface area (Å²) < 4.78 is 24.1. The van der Waals surface area contributed by atoms with Crippen LogP contribution in [-0.4, -0.2) is 30.1 Å². The van der Waals surface area contributed by atoms with Crippen LogP contribution in [0.2, 0.25) is 0 Å². The van der Waals surface area contributed by atoms with Gasteiger partial charge < -0.3 is 20.1 Å². The minimum Gasteiger partial charge on any atom is -0.497 e. The highest BCUT2D eigenvalue weighted by molar-refractivity contribution is 5.92. The van der Waals surface area contributed by atoms with E-state index in [4.69, 9.17) is 9.47 Å². The summed E-state index contributed by atoms with van der Waals surface area (Å²) in [4.78, 5) is 20.5. The smallest absolute Gasteiger partial charge is 0.271 e. The van der Waals surface area contributed by atoms with Gasteiger partial charge in [0.15, 0.2) is 0 Å². The van der Waals surface area contributed by atoms with Gasteiger partial charge in [-0.2, -0.15) is 0 Å². The lowest BCUT2D eigenvalue weighted by molar-refractivity contribution is 0.0945. The Hall–Kier alpha value is -3.68. The molecule has 0 unspecified atom stereocenters. The zero-order valence-electron chi connectivity index (χ0n) is 15.4. The number of carbonyl (C=O) groups is 1. The normalized spacial score (nSPS) is 10.2. The molecular weight excluding hydrogens is 363 g/mol. The van der Waals surface area contributed by atoms with E-state index in [9.17, 15) is 9.18 Å². The van der Waals surface area contributed by atoms with Crippen molar-refractivity contribution in [2.24, 2.45) is 0 Å². The predicted molar refractivity (Wildman–Crippen MR) is 102 cm³/mol. The molecule has 2 aromatic carbocycles. The number of rotatable bonds is 7.